The minimum Gasteiger partial charge on any atom is -0.497 e. The van der Waals surface area contributed by atoms with Crippen molar-refractivity contribution in [3.05, 3.63) is 19.8 Å². The zero-order valence-electron chi connectivity index (χ0n) is 9.47. The average Bonchev–Trinajstić information content (AvgIpc) is 2.31. The molecule has 1 heterocycles. The second-order valence-corrected chi connectivity index (χ2v) is 3.29. The van der Waals surface area contributed by atoms with E-state index in [4.69, 9.17) is 4.74 Å². The predicted octanol–water partition coefficient (Wildman–Crippen LogP) is -0.915. The van der Waals surface area contributed by atoms with Gasteiger partial charge in [0.2, 0.25) is 0 Å². The summed E-state index contributed by atoms with van der Waals surface area (Å²) in [5.41, 5.74) is 0. The van der Waals surface area contributed by atoms with Gasteiger partial charge in [0.1, 0.15) is 6.61 Å². The van der Waals surface area contributed by atoms with Crippen molar-refractivity contribution in [2.45, 2.75) is 25.8 Å². The summed E-state index contributed by atoms with van der Waals surface area (Å²) in [4.78, 5) is 2.35. The quantitative estimate of drug-likeness (QED) is 0.494. The zero-order valence-corrected chi connectivity index (χ0v) is 15.7. The topological polar surface area (TPSA) is 12.5 Å². The normalized spacial score (nSPS) is 21.5. The van der Waals surface area contributed by atoms with Gasteiger partial charge in [-0.2, -0.15) is 0 Å². The molecule has 1 aliphatic heterocycles. The number of likely N-dealkylation sites (tertiary alicyclic amines) is 1. The molecule has 3 heteroatoms. The van der Waals surface area contributed by atoms with Gasteiger partial charge in [0.15, 0.2) is 0 Å². The van der Waals surface area contributed by atoms with Crippen LogP contribution in [0.2, 0.25) is 0 Å². The standard InChI is InChI=1S/C9H17NO.CH3.Cs/c1-8(2)11-7-9-5-4-6-10(9)3;;/h9H,1,4-7H2,2-3H3;1H3;/q;-1;+1. The van der Waals surface area contributed by atoms with Crippen molar-refractivity contribution in [1.29, 1.82) is 0 Å². The fourth-order valence-electron chi connectivity index (χ4n) is 1.43. The van der Waals surface area contributed by atoms with Crippen LogP contribution in [0, 0.1) is 7.43 Å². The molecule has 1 fully saturated rings. The first-order valence-corrected chi connectivity index (χ1v) is 4.18. The monoisotopic (exact) mass is 303 g/mol. The van der Waals surface area contributed by atoms with E-state index in [-0.39, 0.29) is 76.3 Å². The van der Waals surface area contributed by atoms with Gasteiger partial charge >= 0.3 is 68.9 Å². The molecule has 1 aliphatic rings. The van der Waals surface area contributed by atoms with Crippen molar-refractivity contribution in [3.63, 3.8) is 0 Å². The molecule has 0 aromatic carbocycles. The van der Waals surface area contributed by atoms with Gasteiger partial charge in [-0.15, -0.1) is 0 Å². The van der Waals surface area contributed by atoms with E-state index < -0.39 is 0 Å². The number of hydrogen-bond donors (Lipinski definition) is 0. The van der Waals surface area contributed by atoms with E-state index >= 15 is 0 Å². The van der Waals surface area contributed by atoms with E-state index in [0.717, 1.165) is 12.4 Å². The molecule has 0 spiro atoms. The third-order valence-electron chi connectivity index (χ3n) is 2.19. The molecule has 1 saturated heterocycles. The van der Waals surface area contributed by atoms with Crippen molar-refractivity contribution >= 4 is 0 Å². The van der Waals surface area contributed by atoms with Gasteiger partial charge in [-0.3, -0.25) is 0 Å². The maximum Gasteiger partial charge on any atom is 1.00 e. The fraction of sp³-hybridized carbons (Fsp3) is 0.700. The first-order chi connectivity index (χ1) is 5.20. The van der Waals surface area contributed by atoms with Crippen LogP contribution in [0.5, 0.6) is 0 Å². The van der Waals surface area contributed by atoms with Gasteiger partial charge in [-0.05, 0) is 33.4 Å². The van der Waals surface area contributed by atoms with Gasteiger partial charge in [-0.25, -0.2) is 0 Å². The smallest absolute Gasteiger partial charge is 0.497 e. The molecule has 0 aliphatic carbocycles. The Hall–Kier alpha value is 1.55. The number of nitrogens with zero attached hydrogens (tertiary/aromatic N) is 1. The van der Waals surface area contributed by atoms with Crippen molar-refractivity contribution in [2.24, 2.45) is 0 Å². The van der Waals surface area contributed by atoms with Crippen molar-refractivity contribution in [1.82, 2.24) is 4.90 Å². The molecule has 0 N–H and O–H groups in total. The van der Waals surface area contributed by atoms with Gasteiger partial charge in [0, 0.05) is 6.04 Å². The van der Waals surface area contributed by atoms with E-state index in [9.17, 15) is 0 Å². The Balaban J connectivity index is 0. The minimum atomic E-state index is 0. The van der Waals surface area contributed by atoms with Crippen LogP contribution in [0.25, 0.3) is 0 Å². The van der Waals surface area contributed by atoms with Crippen LogP contribution in [0.4, 0.5) is 0 Å². The Bertz CT molecular complexity index is 150. The van der Waals surface area contributed by atoms with Gasteiger partial charge < -0.3 is 17.1 Å². The molecule has 1 rings (SSSR count). The van der Waals surface area contributed by atoms with Crippen LogP contribution in [-0.2, 0) is 4.74 Å². The summed E-state index contributed by atoms with van der Waals surface area (Å²) >= 11 is 0. The number of ether oxygens (including phenoxy) is 1. The maximum atomic E-state index is 5.36. The van der Waals surface area contributed by atoms with Crippen molar-refractivity contribution in [3.8, 4) is 0 Å². The first-order valence-electron chi connectivity index (χ1n) is 4.18. The number of hydrogen-bond acceptors (Lipinski definition) is 2. The predicted molar refractivity (Wildman–Crippen MR) is 52.8 cm³/mol. The number of rotatable bonds is 3. The molecule has 0 amide bonds. The fourth-order valence-corrected chi connectivity index (χ4v) is 1.43. The number of likely N-dealkylation sites (N-methyl/N-ethyl adjacent to an activating group) is 1. The largest absolute Gasteiger partial charge is 1.00 e. The summed E-state index contributed by atoms with van der Waals surface area (Å²) in [6.45, 7) is 7.62. The molecule has 2 nitrogen and oxygen atoms in total. The molecule has 1 unspecified atom stereocenters. The summed E-state index contributed by atoms with van der Waals surface area (Å²) < 4.78 is 5.36. The Morgan fingerprint density at radius 2 is 2.23 bits per heavy atom. The molecular formula is C10H20CsNO. The van der Waals surface area contributed by atoms with Crippen LogP contribution in [0.15, 0.2) is 12.3 Å². The Morgan fingerprint density at radius 1 is 1.62 bits per heavy atom. The van der Waals surface area contributed by atoms with E-state index in [1.54, 1.807) is 0 Å². The summed E-state index contributed by atoms with van der Waals surface area (Å²) in [7, 11) is 2.15. The van der Waals surface area contributed by atoms with Gasteiger partial charge in [0.25, 0.3) is 0 Å². The number of allylic oxidation sites excluding steroid dienone is 1. The van der Waals surface area contributed by atoms with Crippen LogP contribution in [0.3, 0.4) is 0 Å². The summed E-state index contributed by atoms with van der Waals surface area (Å²) in [5.74, 6) is 0.824. The molecular weight excluding hydrogens is 283 g/mol. The molecule has 72 valence electrons. The van der Waals surface area contributed by atoms with Gasteiger partial charge in [0.05, 0.1) is 5.76 Å². The molecule has 0 saturated carbocycles. The zero-order chi connectivity index (χ0) is 8.27. The summed E-state index contributed by atoms with van der Waals surface area (Å²) in [6.07, 6.45) is 2.57. The van der Waals surface area contributed by atoms with E-state index in [1.165, 1.54) is 19.4 Å². The van der Waals surface area contributed by atoms with Crippen molar-refractivity contribution < 1.29 is 73.6 Å². The summed E-state index contributed by atoms with van der Waals surface area (Å²) in [5, 5.41) is 0. The second-order valence-electron chi connectivity index (χ2n) is 3.29. The second kappa shape index (κ2) is 8.83. The maximum absolute atomic E-state index is 5.36. The van der Waals surface area contributed by atoms with Gasteiger partial charge in [-0.1, -0.05) is 6.58 Å². The Kier molecular flexibility index (Phi) is 11.5. The molecule has 13 heavy (non-hydrogen) atoms. The van der Waals surface area contributed by atoms with Crippen molar-refractivity contribution in [2.75, 3.05) is 20.2 Å². The summed E-state index contributed by atoms with van der Waals surface area (Å²) in [6, 6.07) is 0.617. The molecule has 0 bridgehead atoms. The van der Waals surface area contributed by atoms with Crippen LogP contribution in [-0.4, -0.2) is 31.1 Å². The van der Waals surface area contributed by atoms with E-state index in [2.05, 4.69) is 18.5 Å². The average molecular weight is 303 g/mol. The first kappa shape index (κ1) is 17.0. The molecule has 0 radical (unpaired) electrons. The van der Waals surface area contributed by atoms with Crippen LogP contribution < -0.4 is 68.9 Å². The molecule has 1 atom stereocenters. The SMILES string of the molecule is C=C(C)OCC1CCCN1C.[CH3-].[Cs+]. The van der Waals surface area contributed by atoms with Crippen LogP contribution in [0.1, 0.15) is 19.8 Å². The molecule has 0 aromatic heterocycles. The Labute approximate surface area is 142 Å². The van der Waals surface area contributed by atoms with E-state index in [1.807, 2.05) is 6.92 Å². The minimum absolute atomic E-state index is 0. The van der Waals surface area contributed by atoms with E-state index in [0.29, 0.717) is 6.04 Å². The third-order valence-corrected chi connectivity index (χ3v) is 2.19. The molecule has 0 aromatic rings. The Morgan fingerprint density at radius 3 is 2.62 bits per heavy atom. The van der Waals surface area contributed by atoms with Crippen LogP contribution >= 0.6 is 0 Å². The third kappa shape index (κ3) is 6.60.